The number of benzene rings is 1. The first kappa shape index (κ1) is 28.8. The van der Waals surface area contributed by atoms with Crippen molar-refractivity contribution in [2.24, 2.45) is 17.8 Å². The normalized spacial score (nSPS) is 20.9. The quantitative estimate of drug-likeness (QED) is 0.400. The molecule has 9 heteroatoms. The zero-order valence-electron chi connectivity index (χ0n) is 23.9. The van der Waals surface area contributed by atoms with Crippen LogP contribution in [0.2, 0.25) is 0 Å². The van der Waals surface area contributed by atoms with E-state index in [1.807, 2.05) is 49.9 Å². The first-order valence-corrected chi connectivity index (χ1v) is 14.0. The first-order chi connectivity index (χ1) is 18.5. The van der Waals surface area contributed by atoms with Crippen LogP contribution in [0.5, 0.6) is 0 Å². The van der Waals surface area contributed by atoms with Gasteiger partial charge in [0.05, 0.1) is 30.2 Å². The number of aromatic amines is 1. The maximum atomic E-state index is 13.6. The van der Waals surface area contributed by atoms with Crippen LogP contribution in [0.25, 0.3) is 11.0 Å². The second-order valence-electron chi connectivity index (χ2n) is 12.1. The number of aromatic nitrogens is 2. The van der Waals surface area contributed by atoms with Gasteiger partial charge in [-0.3, -0.25) is 9.59 Å². The van der Waals surface area contributed by atoms with Gasteiger partial charge in [0.1, 0.15) is 5.60 Å². The van der Waals surface area contributed by atoms with E-state index in [9.17, 15) is 14.4 Å². The number of allylic oxidation sites excluding steroid dienone is 1. The largest absolute Gasteiger partial charge is 0.444 e. The Hall–Kier alpha value is -3.20. The van der Waals surface area contributed by atoms with Gasteiger partial charge in [-0.25, -0.2) is 9.78 Å². The number of carbonyl (C=O) groups is 3. The molecule has 0 unspecified atom stereocenters. The van der Waals surface area contributed by atoms with E-state index in [1.54, 1.807) is 11.0 Å². The minimum absolute atomic E-state index is 0.0309. The van der Waals surface area contributed by atoms with Crippen LogP contribution in [-0.4, -0.2) is 82.5 Å². The third kappa shape index (κ3) is 7.68. The highest BCUT2D eigenvalue weighted by Gasteiger charge is 2.39. The van der Waals surface area contributed by atoms with Crippen molar-refractivity contribution in [3.8, 4) is 0 Å². The number of imidazole rings is 1. The van der Waals surface area contributed by atoms with Gasteiger partial charge in [0.2, 0.25) is 11.7 Å². The number of para-hydroxylation sites is 2. The van der Waals surface area contributed by atoms with E-state index in [4.69, 9.17) is 9.47 Å². The van der Waals surface area contributed by atoms with E-state index in [2.05, 4.69) is 23.8 Å². The van der Waals surface area contributed by atoms with Gasteiger partial charge in [0.15, 0.2) is 5.82 Å². The number of nitrogens with zero attached hydrogens (tertiary/aromatic N) is 3. The molecular formula is C30H42N4O5. The summed E-state index contributed by atoms with van der Waals surface area (Å²) in [5, 5.41) is 0. The minimum atomic E-state index is -0.651. The number of piperidine rings is 1. The summed E-state index contributed by atoms with van der Waals surface area (Å²) in [6, 6.07) is 7.55. The minimum Gasteiger partial charge on any atom is -0.444 e. The summed E-state index contributed by atoms with van der Waals surface area (Å²) < 4.78 is 11.1. The number of hydrogen-bond donors (Lipinski definition) is 1. The number of rotatable bonds is 7. The van der Waals surface area contributed by atoms with E-state index in [0.717, 1.165) is 23.0 Å². The van der Waals surface area contributed by atoms with E-state index in [0.29, 0.717) is 64.0 Å². The van der Waals surface area contributed by atoms with Gasteiger partial charge < -0.3 is 24.3 Å². The summed E-state index contributed by atoms with van der Waals surface area (Å²) >= 11 is 0. The lowest BCUT2D eigenvalue weighted by Crippen LogP contribution is -2.52. The van der Waals surface area contributed by atoms with E-state index in [1.165, 1.54) is 0 Å². The molecule has 2 saturated heterocycles. The number of morpholine rings is 1. The predicted molar refractivity (Wildman–Crippen MR) is 149 cm³/mol. The Morgan fingerprint density at radius 1 is 1.10 bits per heavy atom. The van der Waals surface area contributed by atoms with Gasteiger partial charge in [-0.2, -0.15) is 0 Å². The third-order valence-corrected chi connectivity index (χ3v) is 7.25. The van der Waals surface area contributed by atoms with Crippen LogP contribution in [0.15, 0.2) is 35.9 Å². The Morgan fingerprint density at radius 2 is 1.79 bits per heavy atom. The average Bonchev–Trinajstić information content (AvgIpc) is 3.34. The second-order valence-corrected chi connectivity index (χ2v) is 12.1. The van der Waals surface area contributed by atoms with Gasteiger partial charge in [-0.15, -0.1) is 0 Å². The monoisotopic (exact) mass is 538 g/mol. The van der Waals surface area contributed by atoms with Crippen molar-refractivity contribution in [2.45, 2.75) is 59.5 Å². The fraction of sp³-hybridized carbons (Fsp3) is 0.600. The van der Waals surface area contributed by atoms with E-state index in [-0.39, 0.29) is 23.5 Å². The fourth-order valence-corrected chi connectivity index (χ4v) is 5.22. The SMILES string of the molecule is CC(C)CC/C(=C/C(=O)c1nc2ccccc2[nH]1)[C@H]1C[C@@H](C(=O)N2CCOCC2)CN(C(=O)OC(C)(C)C)C1. The Morgan fingerprint density at radius 3 is 2.46 bits per heavy atom. The van der Waals surface area contributed by atoms with Crippen LogP contribution in [0.1, 0.15) is 64.5 Å². The van der Waals surface area contributed by atoms with Crippen molar-refractivity contribution < 1.29 is 23.9 Å². The number of ether oxygens (including phenoxy) is 2. The summed E-state index contributed by atoms with van der Waals surface area (Å²) in [5.74, 6) is 0.0373. The van der Waals surface area contributed by atoms with Crippen LogP contribution in [0.4, 0.5) is 4.79 Å². The zero-order chi connectivity index (χ0) is 28.2. The molecule has 0 saturated carbocycles. The molecule has 1 aromatic heterocycles. The highest BCUT2D eigenvalue weighted by Crippen LogP contribution is 2.33. The van der Waals surface area contributed by atoms with Gasteiger partial charge in [-0.05, 0) is 70.1 Å². The summed E-state index contributed by atoms with van der Waals surface area (Å²) in [6.45, 7) is 12.6. The smallest absolute Gasteiger partial charge is 0.410 e. The molecule has 9 nitrogen and oxygen atoms in total. The molecule has 3 heterocycles. The van der Waals surface area contributed by atoms with Crippen LogP contribution in [0.3, 0.4) is 0 Å². The lowest BCUT2D eigenvalue weighted by Gasteiger charge is -2.41. The topological polar surface area (TPSA) is 105 Å². The molecule has 39 heavy (non-hydrogen) atoms. The van der Waals surface area contributed by atoms with Gasteiger partial charge in [-0.1, -0.05) is 31.6 Å². The second kappa shape index (κ2) is 12.3. The summed E-state index contributed by atoms with van der Waals surface area (Å²) in [5.41, 5.74) is 1.84. The van der Waals surface area contributed by atoms with E-state index >= 15 is 0 Å². The lowest BCUT2D eigenvalue weighted by atomic mass is 9.80. The molecule has 2 atom stereocenters. The standard InChI is InChI=1S/C30H42N4O5/c1-20(2)10-11-21(17-26(35)27-31-24-8-6-7-9-25(24)32-27)22-16-23(28(36)33-12-14-38-15-13-33)19-34(18-22)29(37)39-30(3,4)5/h6-9,17,20,22-23H,10-16,18-19H2,1-5H3,(H,31,32)/b21-17-/t22-,23+/m0/s1. The maximum Gasteiger partial charge on any atom is 0.410 e. The van der Waals surface area contributed by atoms with Crippen LogP contribution in [-0.2, 0) is 14.3 Å². The Labute approximate surface area is 230 Å². The van der Waals surface area contributed by atoms with Crippen LogP contribution < -0.4 is 0 Å². The molecule has 2 fully saturated rings. The number of likely N-dealkylation sites (tertiary alicyclic amines) is 1. The number of nitrogens with one attached hydrogen (secondary N) is 1. The van der Waals surface area contributed by atoms with Gasteiger partial charge in [0, 0.05) is 26.2 Å². The third-order valence-electron chi connectivity index (χ3n) is 7.25. The van der Waals surface area contributed by atoms with Crippen molar-refractivity contribution >= 4 is 28.8 Å². The molecule has 0 radical (unpaired) electrons. The average molecular weight is 539 g/mol. The zero-order valence-corrected chi connectivity index (χ0v) is 23.9. The highest BCUT2D eigenvalue weighted by atomic mass is 16.6. The molecule has 2 aliphatic rings. The molecule has 212 valence electrons. The van der Waals surface area contributed by atoms with Crippen molar-refractivity contribution in [3.05, 3.63) is 41.7 Å². The molecular weight excluding hydrogens is 496 g/mol. The van der Waals surface area contributed by atoms with Crippen molar-refractivity contribution in [1.82, 2.24) is 19.8 Å². The van der Waals surface area contributed by atoms with Crippen molar-refractivity contribution in [3.63, 3.8) is 0 Å². The van der Waals surface area contributed by atoms with Crippen molar-refractivity contribution in [2.75, 3.05) is 39.4 Å². The number of fused-ring (bicyclic) bond motifs is 1. The fourth-order valence-electron chi connectivity index (χ4n) is 5.22. The van der Waals surface area contributed by atoms with Gasteiger partial charge in [0.25, 0.3) is 0 Å². The maximum absolute atomic E-state index is 13.6. The molecule has 2 amide bonds. The van der Waals surface area contributed by atoms with Crippen molar-refractivity contribution in [1.29, 1.82) is 0 Å². The van der Waals surface area contributed by atoms with E-state index < -0.39 is 11.7 Å². The Balaban J connectivity index is 1.63. The molecule has 1 aromatic carbocycles. The molecule has 4 rings (SSSR count). The number of amides is 2. The summed E-state index contributed by atoms with van der Waals surface area (Å²) in [6.07, 6.45) is 3.42. The Bertz CT molecular complexity index is 1170. The van der Waals surface area contributed by atoms with Crippen LogP contribution >= 0.6 is 0 Å². The highest BCUT2D eigenvalue weighted by molar-refractivity contribution is 6.04. The first-order valence-electron chi connectivity index (χ1n) is 14.0. The molecule has 2 aliphatic heterocycles. The Kier molecular flexibility index (Phi) is 9.10. The molecule has 2 aromatic rings. The number of H-pyrrole nitrogens is 1. The molecule has 1 N–H and O–H groups in total. The molecule has 0 spiro atoms. The number of carbonyl (C=O) groups excluding carboxylic acids is 3. The molecule has 0 bridgehead atoms. The predicted octanol–water partition coefficient (Wildman–Crippen LogP) is 4.84. The van der Waals surface area contributed by atoms with Crippen LogP contribution in [0, 0.1) is 17.8 Å². The number of hydrogen-bond acceptors (Lipinski definition) is 6. The summed E-state index contributed by atoms with van der Waals surface area (Å²) in [4.78, 5) is 51.3. The molecule has 0 aliphatic carbocycles. The lowest BCUT2D eigenvalue weighted by molar-refractivity contribution is -0.141. The summed E-state index contributed by atoms with van der Waals surface area (Å²) in [7, 11) is 0. The number of ketones is 1. The van der Waals surface area contributed by atoms with Gasteiger partial charge >= 0.3 is 6.09 Å².